The fourth-order valence-electron chi connectivity index (χ4n) is 4.54. The molecule has 33 heavy (non-hydrogen) atoms. The topological polar surface area (TPSA) is 104 Å². The summed E-state index contributed by atoms with van der Waals surface area (Å²) >= 11 is 0. The van der Waals surface area contributed by atoms with E-state index in [1.54, 1.807) is 36.4 Å². The third kappa shape index (κ3) is 4.69. The molecule has 0 saturated carbocycles. The molecule has 174 valence electrons. The number of hydrogen-bond acceptors (Lipinski definition) is 5. The molecule has 2 heterocycles. The maximum absolute atomic E-state index is 13.0. The largest absolute Gasteiger partial charge is 0.326 e. The lowest BCUT2D eigenvalue weighted by atomic mass is 9.94. The van der Waals surface area contributed by atoms with Gasteiger partial charge in [0, 0.05) is 31.7 Å². The molecule has 3 amide bonds. The number of benzene rings is 2. The second kappa shape index (κ2) is 9.07. The standard InChI is InChI=1S/C24H27N3O5S/c1-16-13-17(2)15-26(14-16)33(31,32)19-9-7-18(8-10-19)25-22(28)11-12-27-23(29)20-5-3-4-6-21(20)24(27)30/h3-10,16-17H,11-15H2,1-2H3,(H,25,28). The van der Waals surface area contributed by atoms with Gasteiger partial charge < -0.3 is 5.32 Å². The van der Waals surface area contributed by atoms with Gasteiger partial charge in [0.05, 0.1) is 16.0 Å². The molecule has 0 radical (unpaired) electrons. The first-order valence-electron chi connectivity index (χ1n) is 11.0. The van der Waals surface area contributed by atoms with E-state index in [1.807, 2.05) is 0 Å². The van der Waals surface area contributed by atoms with E-state index in [0.717, 1.165) is 11.3 Å². The van der Waals surface area contributed by atoms with Crippen LogP contribution >= 0.6 is 0 Å². The van der Waals surface area contributed by atoms with Crippen molar-refractivity contribution in [1.82, 2.24) is 9.21 Å². The highest BCUT2D eigenvalue weighted by Crippen LogP contribution is 2.27. The van der Waals surface area contributed by atoms with Gasteiger partial charge in [0.1, 0.15) is 0 Å². The Morgan fingerprint density at radius 2 is 1.48 bits per heavy atom. The summed E-state index contributed by atoms with van der Waals surface area (Å²) in [5, 5.41) is 2.69. The van der Waals surface area contributed by atoms with Gasteiger partial charge in [-0.25, -0.2) is 8.42 Å². The minimum Gasteiger partial charge on any atom is -0.326 e. The van der Waals surface area contributed by atoms with Crippen LogP contribution in [0.4, 0.5) is 5.69 Å². The first-order valence-corrected chi connectivity index (χ1v) is 12.5. The van der Waals surface area contributed by atoms with Crippen LogP contribution in [0, 0.1) is 11.8 Å². The van der Waals surface area contributed by atoms with Crippen LogP contribution in [0.3, 0.4) is 0 Å². The Morgan fingerprint density at radius 3 is 2.03 bits per heavy atom. The number of nitrogens with one attached hydrogen (secondary N) is 1. The number of carbonyl (C=O) groups is 3. The lowest BCUT2D eigenvalue weighted by molar-refractivity contribution is -0.116. The lowest BCUT2D eigenvalue weighted by Gasteiger charge is -2.34. The molecule has 1 N–H and O–H groups in total. The van der Waals surface area contributed by atoms with Crippen LogP contribution in [-0.2, 0) is 14.8 Å². The van der Waals surface area contributed by atoms with E-state index >= 15 is 0 Å². The summed E-state index contributed by atoms with van der Waals surface area (Å²) in [6.07, 6.45) is 0.951. The van der Waals surface area contributed by atoms with Gasteiger partial charge in [0.15, 0.2) is 0 Å². The zero-order chi connectivity index (χ0) is 23.8. The van der Waals surface area contributed by atoms with E-state index in [4.69, 9.17) is 0 Å². The molecule has 2 aromatic carbocycles. The predicted molar refractivity (Wildman–Crippen MR) is 123 cm³/mol. The Kier molecular flexibility index (Phi) is 6.36. The van der Waals surface area contributed by atoms with E-state index in [9.17, 15) is 22.8 Å². The number of amides is 3. The number of rotatable bonds is 6. The molecule has 2 aromatic rings. The second-order valence-electron chi connectivity index (χ2n) is 8.90. The summed E-state index contributed by atoms with van der Waals surface area (Å²) in [6.45, 7) is 5.08. The Balaban J connectivity index is 1.35. The lowest BCUT2D eigenvalue weighted by Crippen LogP contribution is -2.42. The highest BCUT2D eigenvalue weighted by atomic mass is 32.2. The molecule has 9 heteroatoms. The zero-order valence-corrected chi connectivity index (χ0v) is 19.5. The summed E-state index contributed by atoms with van der Waals surface area (Å²) in [5.41, 5.74) is 1.14. The van der Waals surface area contributed by atoms with Crippen molar-refractivity contribution in [2.75, 3.05) is 25.0 Å². The van der Waals surface area contributed by atoms with Crippen LogP contribution in [0.5, 0.6) is 0 Å². The molecular formula is C24H27N3O5S. The first-order chi connectivity index (χ1) is 15.7. The summed E-state index contributed by atoms with van der Waals surface area (Å²) in [4.78, 5) is 38.4. The molecule has 1 fully saturated rings. The van der Waals surface area contributed by atoms with Crippen molar-refractivity contribution in [3.8, 4) is 0 Å². The second-order valence-corrected chi connectivity index (χ2v) is 10.8. The van der Waals surface area contributed by atoms with Crippen molar-refractivity contribution in [2.24, 2.45) is 11.8 Å². The summed E-state index contributed by atoms with van der Waals surface area (Å²) < 4.78 is 27.5. The monoisotopic (exact) mass is 469 g/mol. The van der Waals surface area contributed by atoms with Crippen LogP contribution < -0.4 is 5.32 Å². The Labute approximate surface area is 193 Å². The third-order valence-electron chi connectivity index (χ3n) is 6.05. The van der Waals surface area contributed by atoms with Crippen LogP contribution in [-0.4, -0.2) is 55.0 Å². The van der Waals surface area contributed by atoms with Gasteiger partial charge >= 0.3 is 0 Å². The Hall–Kier alpha value is -3.04. The average Bonchev–Trinajstić information content (AvgIpc) is 3.02. The maximum Gasteiger partial charge on any atom is 0.261 e. The van der Waals surface area contributed by atoms with Gasteiger partial charge in [0.2, 0.25) is 15.9 Å². The molecule has 0 spiro atoms. The number of carbonyl (C=O) groups excluding carboxylic acids is 3. The smallest absolute Gasteiger partial charge is 0.261 e. The van der Waals surface area contributed by atoms with Crippen LogP contribution in [0.15, 0.2) is 53.4 Å². The molecule has 1 saturated heterocycles. The van der Waals surface area contributed by atoms with E-state index in [2.05, 4.69) is 19.2 Å². The van der Waals surface area contributed by atoms with Crippen LogP contribution in [0.1, 0.15) is 47.4 Å². The number of imide groups is 1. The van der Waals surface area contributed by atoms with Gasteiger partial charge in [-0.3, -0.25) is 19.3 Å². The van der Waals surface area contributed by atoms with Crippen molar-refractivity contribution in [1.29, 1.82) is 0 Å². The van der Waals surface area contributed by atoms with E-state index in [1.165, 1.54) is 16.4 Å². The molecule has 8 nitrogen and oxygen atoms in total. The molecule has 0 aliphatic carbocycles. The zero-order valence-electron chi connectivity index (χ0n) is 18.7. The number of anilines is 1. The van der Waals surface area contributed by atoms with Gasteiger partial charge in [-0.2, -0.15) is 4.31 Å². The van der Waals surface area contributed by atoms with Crippen molar-refractivity contribution in [3.05, 3.63) is 59.7 Å². The van der Waals surface area contributed by atoms with Gasteiger partial charge in [-0.15, -0.1) is 0 Å². The summed E-state index contributed by atoms with van der Waals surface area (Å²) in [5.74, 6) is -0.562. The molecule has 2 aliphatic rings. The minimum absolute atomic E-state index is 0.0318. The van der Waals surface area contributed by atoms with Gasteiger partial charge in [-0.05, 0) is 54.7 Å². The minimum atomic E-state index is -3.59. The third-order valence-corrected chi connectivity index (χ3v) is 7.90. The van der Waals surface area contributed by atoms with E-state index < -0.39 is 21.8 Å². The number of nitrogens with zero attached hydrogens (tertiary/aromatic N) is 2. The van der Waals surface area contributed by atoms with Gasteiger partial charge in [-0.1, -0.05) is 26.0 Å². The number of sulfonamides is 1. The quantitative estimate of drug-likeness (QED) is 0.655. The molecule has 2 aliphatic heterocycles. The fraction of sp³-hybridized carbons (Fsp3) is 0.375. The van der Waals surface area contributed by atoms with E-state index in [0.29, 0.717) is 41.7 Å². The van der Waals surface area contributed by atoms with Crippen LogP contribution in [0.2, 0.25) is 0 Å². The number of piperidine rings is 1. The molecule has 4 rings (SSSR count). The average molecular weight is 470 g/mol. The van der Waals surface area contributed by atoms with Crippen molar-refractivity contribution < 1.29 is 22.8 Å². The highest BCUT2D eigenvalue weighted by molar-refractivity contribution is 7.89. The fourth-order valence-corrected chi connectivity index (χ4v) is 6.22. The van der Waals surface area contributed by atoms with Gasteiger partial charge in [0.25, 0.3) is 11.8 Å². The predicted octanol–water partition coefficient (Wildman–Crippen LogP) is 2.98. The van der Waals surface area contributed by atoms with E-state index in [-0.39, 0.29) is 23.8 Å². The maximum atomic E-state index is 13.0. The number of fused-ring (bicyclic) bond motifs is 1. The van der Waals surface area contributed by atoms with Crippen molar-refractivity contribution >= 4 is 33.4 Å². The summed E-state index contributed by atoms with van der Waals surface area (Å²) in [6, 6.07) is 12.6. The first kappa shape index (κ1) is 23.1. The van der Waals surface area contributed by atoms with Crippen molar-refractivity contribution in [3.63, 3.8) is 0 Å². The highest BCUT2D eigenvalue weighted by Gasteiger charge is 2.35. The molecule has 2 unspecified atom stereocenters. The molecule has 2 atom stereocenters. The molecular weight excluding hydrogens is 442 g/mol. The summed E-state index contributed by atoms with van der Waals surface area (Å²) in [7, 11) is -3.59. The Morgan fingerprint density at radius 1 is 0.939 bits per heavy atom. The van der Waals surface area contributed by atoms with Crippen molar-refractivity contribution in [2.45, 2.75) is 31.6 Å². The van der Waals surface area contributed by atoms with Crippen LogP contribution in [0.25, 0.3) is 0 Å². The molecule has 0 aromatic heterocycles. The number of hydrogen-bond donors (Lipinski definition) is 1. The SMILES string of the molecule is CC1CC(C)CN(S(=O)(=O)c2ccc(NC(=O)CCN3C(=O)c4ccccc4C3=O)cc2)C1. The Bertz CT molecular complexity index is 1150. The normalized spacial score (nSPS) is 21.2. The molecule has 0 bridgehead atoms.